The molecule has 0 saturated carbocycles. The number of nitrogens with one attached hydrogen (secondary N) is 1. The van der Waals surface area contributed by atoms with Crippen molar-refractivity contribution < 1.29 is 9.53 Å². The van der Waals surface area contributed by atoms with Gasteiger partial charge in [0.15, 0.2) is 0 Å². The van der Waals surface area contributed by atoms with Gasteiger partial charge in [-0.15, -0.1) is 12.3 Å². The minimum Gasteiger partial charge on any atom is -0.445 e. The van der Waals surface area contributed by atoms with Gasteiger partial charge in [0.1, 0.15) is 6.61 Å². The lowest BCUT2D eigenvalue weighted by Crippen LogP contribution is -2.36. The molecular formula is C19H19NO2. The summed E-state index contributed by atoms with van der Waals surface area (Å²) in [5.41, 5.74) is 2.08. The number of carbonyl (C=O) groups excluding carboxylic acids is 1. The molecule has 0 aliphatic heterocycles. The highest BCUT2D eigenvalue weighted by molar-refractivity contribution is 5.67. The van der Waals surface area contributed by atoms with Crippen LogP contribution in [0, 0.1) is 12.3 Å². The predicted molar refractivity (Wildman–Crippen MR) is 87.1 cm³/mol. The van der Waals surface area contributed by atoms with Crippen LogP contribution in [0.5, 0.6) is 0 Å². The quantitative estimate of drug-likeness (QED) is 0.827. The van der Waals surface area contributed by atoms with Crippen LogP contribution in [0.4, 0.5) is 4.79 Å². The maximum absolute atomic E-state index is 11.9. The zero-order chi connectivity index (χ0) is 15.6. The molecule has 2 rings (SSSR count). The standard InChI is InChI=1S/C19H19NO2/c1-2-9-18(14-16-10-5-3-6-11-16)20-19(21)22-15-17-12-7-4-8-13-17/h1,3-8,10-13,18H,9,14-15H2,(H,20,21). The van der Waals surface area contributed by atoms with Crippen LogP contribution in [0.2, 0.25) is 0 Å². The zero-order valence-corrected chi connectivity index (χ0v) is 12.4. The Morgan fingerprint density at radius 1 is 1.05 bits per heavy atom. The highest BCUT2D eigenvalue weighted by atomic mass is 16.5. The van der Waals surface area contributed by atoms with Crippen LogP contribution in [0.3, 0.4) is 0 Å². The number of rotatable bonds is 6. The second-order valence-corrected chi connectivity index (χ2v) is 5.00. The number of amides is 1. The first-order chi connectivity index (χ1) is 10.8. The lowest BCUT2D eigenvalue weighted by Gasteiger charge is -2.16. The third-order valence-electron chi connectivity index (χ3n) is 3.22. The number of hydrogen-bond donors (Lipinski definition) is 1. The molecule has 1 N–H and O–H groups in total. The smallest absolute Gasteiger partial charge is 0.407 e. The number of terminal acetylenes is 1. The molecule has 0 radical (unpaired) electrons. The Kier molecular flexibility index (Phi) is 6.07. The predicted octanol–water partition coefficient (Wildman–Crippen LogP) is 3.55. The Balaban J connectivity index is 1.85. The van der Waals surface area contributed by atoms with E-state index in [4.69, 9.17) is 11.2 Å². The van der Waals surface area contributed by atoms with E-state index in [-0.39, 0.29) is 12.6 Å². The summed E-state index contributed by atoms with van der Waals surface area (Å²) in [5.74, 6) is 2.60. The van der Waals surface area contributed by atoms with E-state index in [0.29, 0.717) is 12.8 Å². The van der Waals surface area contributed by atoms with Gasteiger partial charge in [-0.05, 0) is 17.5 Å². The highest BCUT2D eigenvalue weighted by Gasteiger charge is 2.13. The Bertz CT molecular complexity index is 617. The number of alkyl carbamates (subject to hydrolysis) is 1. The Morgan fingerprint density at radius 2 is 1.64 bits per heavy atom. The van der Waals surface area contributed by atoms with E-state index in [0.717, 1.165) is 11.1 Å². The van der Waals surface area contributed by atoms with Crippen LogP contribution >= 0.6 is 0 Å². The van der Waals surface area contributed by atoms with Crippen molar-refractivity contribution >= 4 is 6.09 Å². The van der Waals surface area contributed by atoms with Crippen molar-refractivity contribution in [2.75, 3.05) is 0 Å². The van der Waals surface area contributed by atoms with Crippen molar-refractivity contribution in [3.05, 3.63) is 71.8 Å². The molecule has 3 heteroatoms. The summed E-state index contributed by atoms with van der Waals surface area (Å²) in [6, 6.07) is 19.4. The second-order valence-electron chi connectivity index (χ2n) is 5.00. The van der Waals surface area contributed by atoms with E-state index in [1.807, 2.05) is 60.7 Å². The van der Waals surface area contributed by atoms with Crippen LogP contribution in [0.15, 0.2) is 60.7 Å². The summed E-state index contributed by atoms with van der Waals surface area (Å²) in [4.78, 5) is 11.9. The van der Waals surface area contributed by atoms with Gasteiger partial charge in [-0.2, -0.15) is 0 Å². The van der Waals surface area contributed by atoms with Gasteiger partial charge in [-0.25, -0.2) is 4.79 Å². The van der Waals surface area contributed by atoms with Gasteiger partial charge in [0.05, 0.1) is 0 Å². The molecule has 0 aliphatic rings. The number of hydrogen-bond acceptors (Lipinski definition) is 2. The molecule has 2 aromatic carbocycles. The number of carbonyl (C=O) groups is 1. The minimum atomic E-state index is -0.444. The van der Waals surface area contributed by atoms with Gasteiger partial charge >= 0.3 is 6.09 Å². The number of benzene rings is 2. The SMILES string of the molecule is C#CCC(Cc1ccccc1)NC(=O)OCc1ccccc1. The first kappa shape index (κ1) is 15.7. The van der Waals surface area contributed by atoms with Crippen LogP contribution in [0.1, 0.15) is 17.5 Å². The molecule has 3 nitrogen and oxygen atoms in total. The van der Waals surface area contributed by atoms with Crippen LogP contribution < -0.4 is 5.32 Å². The van der Waals surface area contributed by atoms with Gasteiger partial charge in [0.2, 0.25) is 0 Å². The first-order valence-electron chi connectivity index (χ1n) is 7.22. The monoisotopic (exact) mass is 293 g/mol. The molecule has 0 aromatic heterocycles. The lowest BCUT2D eigenvalue weighted by atomic mass is 10.0. The third-order valence-corrected chi connectivity index (χ3v) is 3.22. The summed E-state index contributed by atoms with van der Waals surface area (Å²) >= 11 is 0. The van der Waals surface area contributed by atoms with E-state index in [1.54, 1.807) is 0 Å². The van der Waals surface area contributed by atoms with E-state index < -0.39 is 6.09 Å². The molecule has 1 amide bonds. The largest absolute Gasteiger partial charge is 0.445 e. The van der Waals surface area contributed by atoms with E-state index in [9.17, 15) is 4.79 Å². The lowest BCUT2D eigenvalue weighted by molar-refractivity contribution is 0.135. The zero-order valence-electron chi connectivity index (χ0n) is 12.4. The molecule has 0 aliphatic carbocycles. The number of ether oxygens (including phenoxy) is 1. The van der Waals surface area contributed by atoms with Crippen molar-refractivity contribution in [3.63, 3.8) is 0 Å². The van der Waals surface area contributed by atoms with Gasteiger partial charge < -0.3 is 10.1 Å². The van der Waals surface area contributed by atoms with Crippen LogP contribution in [-0.2, 0) is 17.8 Å². The van der Waals surface area contributed by atoms with Gasteiger partial charge in [-0.3, -0.25) is 0 Å². The van der Waals surface area contributed by atoms with Crippen molar-refractivity contribution in [2.24, 2.45) is 0 Å². The van der Waals surface area contributed by atoms with Crippen molar-refractivity contribution in [1.82, 2.24) is 5.32 Å². The molecule has 22 heavy (non-hydrogen) atoms. The van der Waals surface area contributed by atoms with Gasteiger partial charge in [0.25, 0.3) is 0 Å². The molecule has 2 aromatic rings. The van der Waals surface area contributed by atoms with Crippen LogP contribution in [-0.4, -0.2) is 12.1 Å². The molecule has 112 valence electrons. The maximum Gasteiger partial charge on any atom is 0.407 e. The Morgan fingerprint density at radius 3 is 2.23 bits per heavy atom. The summed E-state index contributed by atoms with van der Waals surface area (Å²) in [7, 11) is 0. The summed E-state index contributed by atoms with van der Waals surface area (Å²) in [5, 5.41) is 2.83. The van der Waals surface area contributed by atoms with E-state index in [2.05, 4.69) is 11.2 Å². The van der Waals surface area contributed by atoms with Gasteiger partial charge in [0, 0.05) is 12.5 Å². The van der Waals surface area contributed by atoms with Crippen LogP contribution in [0.25, 0.3) is 0 Å². The van der Waals surface area contributed by atoms with Crippen molar-refractivity contribution in [2.45, 2.75) is 25.5 Å². The molecule has 0 bridgehead atoms. The first-order valence-corrected chi connectivity index (χ1v) is 7.22. The molecule has 0 saturated heterocycles. The maximum atomic E-state index is 11.9. The molecule has 1 atom stereocenters. The second kappa shape index (κ2) is 8.53. The molecular weight excluding hydrogens is 274 g/mol. The summed E-state index contributed by atoms with van der Waals surface area (Å²) in [6.07, 6.45) is 6.09. The van der Waals surface area contributed by atoms with Crippen molar-refractivity contribution in [3.8, 4) is 12.3 Å². The average Bonchev–Trinajstić information content (AvgIpc) is 2.55. The third kappa shape index (κ3) is 5.34. The summed E-state index contributed by atoms with van der Waals surface area (Å²) < 4.78 is 5.22. The fourth-order valence-electron chi connectivity index (χ4n) is 2.15. The molecule has 0 fully saturated rings. The highest BCUT2D eigenvalue weighted by Crippen LogP contribution is 2.06. The summed E-state index contributed by atoms with van der Waals surface area (Å²) in [6.45, 7) is 0.251. The van der Waals surface area contributed by atoms with Crippen molar-refractivity contribution in [1.29, 1.82) is 0 Å². The average molecular weight is 293 g/mol. The Labute approximate surface area is 131 Å². The Hall–Kier alpha value is -2.73. The molecule has 1 unspecified atom stereocenters. The minimum absolute atomic E-state index is 0.129. The van der Waals surface area contributed by atoms with E-state index >= 15 is 0 Å². The fraction of sp³-hybridized carbons (Fsp3) is 0.211. The fourth-order valence-corrected chi connectivity index (χ4v) is 2.15. The van der Waals surface area contributed by atoms with Gasteiger partial charge in [-0.1, -0.05) is 60.7 Å². The normalized spacial score (nSPS) is 11.2. The molecule has 0 spiro atoms. The topological polar surface area (TPSA) is 38.3 Å². The molecule has 0 heterocycles. The van der Waals surface area contributed by atoms with E-state index in [1.165, 1.54) is 0 Å².